The number of aromatic nitrogens is 1. The Morgan fingerprint density at radius 3 is 2.46 bits per heavy atom. The fourth-order valence-electron chi connectivity index (χ4n) is 0.744. The monoisotopic (exact) mass is 209 g/mol. The van der Waals surface area contributed by atoms with Crippen molar-refractivity contribution >= 4 is 12.9 Å². The van der Waals surface area contributed by atoms with Gasteiger partial charge in [0.05, 0.1) is 11.3 Å². The van der Waals surface area contributed by atoms with Crippen molar-refractivity contribution in [2.24, 2.45) is 0 Å². The van der Waals surface area contributed by atoms with E-state index in [9.17, 15) is 13.2 Å². The van der Waals surface area contributed by atoms with Crippen molar-refractivity contribution in [3.05, 3.63) is 29.6 Å². The summed E-state index contributed by atoms with van der Waals surface area (Å²) in [7, 11) is 0. The number of alkyl halides is 3. The van der Waals surface area contributed by atoms with Gasteiger partial charge in [-0.2, -0.15) is 13.2 Å². The molecule has 2 nitrogen and oxygen atoms in total. The maximum absolute atomic E-state index is 12.0. The van der Waals surface area contributed by atoms with Gasteiger partial charge in [-0.3, -0.25) is 4.98 Å². The third-order valence-electron chi connectivity index (χ3n) is 1.36. The van der Waals surface area contributed by atoms with Crippen molar-refractivity contribution < 1.29 is 17.4 Å². The minimum atomic E-state index is -4.34. The predicted octanol–water partition coefficient (Wildman–Crippen LogP) is 2.46. The molecule has 0 atom stereocenters. The first-order valence-corrected chi connectivity index (χ1v) is 3.69. The summed E-state index contributed by atoms with van der Waals surface area (Å²) >= 11 is 3.45. The Balaban J connectivity index is 2.81. The fourth-order valence-corrected chi connectivity index (χ4v) is 0.876. The van der Waals surface area contributed by atoms with E-state index in [0.29, 0.717) is 5.69 Å². The van der Waals surface area contributed by atoms with Crippen LogP contribution >= 0.6 is 12.9 Å². The van der Waals surface area contributed by atoms with Gasteiger partial charge in [-0.05, 0) is 25.0 Å². The molecule has 0 aromatic carbocycles. The van der Waals surface area contributed by atoms with Gasteiger partial charge >= 0.3 is 6.18 Å². The zero-order valence-electron chi connectivity index (χ0n) is 6.38. The minimum absolute atomic E-state index is 0.0846. The van der Waals surface area contributed by atoms with Crippen LogP contribution in [0.1, 0.15) is 11.3 Å². The SMILES string of the molecule is FC(F)(F)c1ccc(COS)nc1. The molecule has 0 fully saturated rings. The molecule has 0 saturated heterocycles. The molecule has 1 aromatic heterocycles. The fraction of sp³-hybridized carbons (Fsp3) is 0.286. The molecule has 1 rings (SSSR count). The molecule has 0 saturated carbocycles. The van der Waals surface area contributed by atoms with Gasteiger partial charge in [0.25, 0.3) is 0 Å². The molecule has 1 aromatic rings. The van der Waals surface area contributed by atoms with Crippen LogP contribution in [0.5, 0.6) is 0 Å². The van der Waals surface area contributed by atoms with Gasteiger partial charge in [-0.25, -0.2) is 0 Å². The summed E-state index contributed by atoms with van der Waals surface area (Å²) < 4.78 is 40.5. The van der Waals surface area contributed by atoms with Crippen molar-refractivity contribution in [2.75, 3.05) is 0 Å². The Bertz CT molecular complexity index is 272. The zero-order valence-corrected chi connectivity index (χ0v) is 7.27. The first-order chi connectivity index (χ1) is 6.04. The standard InChI is InChI=1S/C7H6F3NOS/c8-7(9,10)5-1-2-6(4-12-13)11-3-5/h1-3,13H,4H2. The van der Waals surface area contributed by atoms with E-state index in [0.717, 1.165) is 12.3 Å². The Morgan fingerprint density at radius 1 is 1.38 bits per heavy atom. The van der Waals surface area contributed by atoms with Gasteiger partial charge in [0, 0.05) is 6.20 Å². The molecule has 0 aliphatic carbocycles. The molecule has 1 heterocycles. The molecule has 0 aliphatic heterocycles. The van der Waals surface area contributed by atoms with E-state index < -0.39 is 11.7 Å². The lowest BCUT2D eigenvalue weighted by Gasteiger charge is -2.05. The highest BCUT2D eigenvalue weighted by molar-refractivity contribution is 7.75. The maximum Gasteiger partial charge on any atom is 0.417 e. The summed E-state index contributed by atoms with van der Waals surface area (Å²) in [6.07, 6.45) is -3.57. The average Bonchev–Trinajstić information content (AvgIpc) is 2.04. The lowest BCUT2D eigenvalue weighted by Crippen LogP contribution is -2.05. The van der Waals surface area contributed by atoms with Crippen LogP contribution in [0.25, 0.3) is 0 Å². The van der Waals surface area contributed by atoms with E-state index in [2.05, 4.69) is 22.1 Å². The summed E-state index contributed by atoms with van der Waals surface area (Å²) in [6, 6.07) is 2.20. The average molecular weight is 209 g/mol. The second kappa shape index (κ2) is 3.97. The molecule has 6 heteroatoms. The van der Waals surface area contributed by atoms with Crippen LogP contribution in [0.3, 0.4) is 0 Å². The first-order valence-electron chi connectivity index (χ1n) is 3.32. The maximum atomic E-state index is 12.0. The van der Waals surface area contributed by atoms with Crippen molar-refractivity contribution in [1.82, 2.24) is 4.98 Å². The van der Waals surface area contributed by atoms with Gasteiger partial charge in [0.1, 0.15) is 6.61 Å². The summed E-state index contributed by atoms with van der Waals surface area (Å²) in [4.78, 5) is 3.54. The van der Waals surface area contributed by atoms with Gasteiger partial charge in [-0.15, -0.1) is 0 Å². The van der Waals surface area contributed by atoms with Crippen LogP contribution in [-0.4, -0.2) is 4.98 Å². The number of rotatable bonds is 2. The van der Waals surface area contributed by atoms with Crippen molar-refractivity contribution in [3.8, 4) is 0 Å². The number of halogens is 3. The normalized spacial score (nSPS) is 11.7. The van der Waals surface area contributed by atoms with Crippen LogP contribution in [0.2, 0.25) is 0 Å². The van der Waals surface area contributed by atoms with Gasteiger partial charge < -0.3 is 4.18 Å². The topological polar surface area (TPSA) is 22.1 Å². The van der Waals surface area contributed by atoms with E-state index >= 15 is 0 Å². The minimum Gasteiger partial charge on any atom is -0.312 e. The Morgan fingerprint density at radius 2 is 2.08 bits per heavy atom. The Hall–Kier alpha value is -0.750. The molecule has 0 bridgehead atoms. The van der Waals surface area contributed by atoms with Crippen LogP contribution in [0.15, 0.2) is 18.3 Å². The molecule has 0 radical (unpaired) electrons. The number of hydrogen-bond acceptors (Lipinski definition) is 3. The van der Waals surface area contributed by atoms with Gasteiger partial charge in [0.15, 0.2) is 0 Å². The number of thiol groups is 1. The summed E-state index contributed by atoms with van der Waals surface area (Å²) in [5.41, 5.74) is -0.363. The molecule has 0 spiro atoms. The lowest BCUT2D eigenvalue weighted by atomic mass is 10.2. The highest BCUT2D eigenvalue weighted by atomic mass is 32.1. The van der Waals surface area contributed by atoms with Crippen LogP contribution < -0.4 is 0 Å². The second-order valence-electron chi connectivity index (χ2n) is 2.31. The van der Waals surface area contributed by atoms with Crippen LogP contribution in [0.4, 0.5) is 13.2 Å². The first kappa shape index (κ1) is 10.3. The third kappa shape index (κ3) is 2.89. The quantitative estimate of drug-likeness (QED) is 0.597. The number of hydrogen-bond donors (Lipinski definition) is 1. The molecular weight excluding hydrogens is 203 g/mol. The summed E-state index contributed by atoms with van der Waals surface area (Å²) in [5, 5.41) is 0. The van der Waals surface area contributed by atoms with E-state index in [-0.39, 0.29) is 6.61 Å². The second-order valence-corrected chi connectivity index (χ2v) is 2.57. The van der Waals surface area contributed by atoms with E-state index in [1.807, 2.05) is 0 Å². The highest BCUT2D eigenvalue weighted by Crippen LogP contribution is 2.28. The number of nitrogens with zero attached hydrogens (tertiary/aromatic N) is 1. The van der Waals surface area contributed by atoms with E-state index in [1.165, 1.54) is 6.07 Å². The molecular formula is C7H6F3NOS. The highest BCUT2D eigenvalue weighted by Gasteiger charge is 2.30. The lowest BCUT2D eigenvalue weighted by molar-refractivity contribution is -0.137. The molecule has 0 N–H and O–H groups in total. The zero-order chi connectivity index (χ0) is 9.90. The molecule has 72 valence electrons. The van der Waals surface area contributed by atoms with Crippen molar-refractivity contribution in [3.63, 3.8) is 0 Å². The molecule has 0 aliphatic rings. The third-order valence-corrected chi connectivity index (χ3v) is 1.49. The van der Waals surface area contributed by atoms with Gasteiger partial charge in [0.2, 0.25) is 0 Å². The largest absolute Gasteiger partial charge is 0.417 e. The molecule has 0 amide bonds. The Kier molecular flexibility index (Phi) is 3.16. The summed E-state index contributed by atoms with van der Waals surface area (Å²) in [6.45, 7) is 0.0846. The molecule has 0 unspecified atom stereocenters. The van der Waals surface area contributed by atoms with Crippen molar-refractivity contribution in [2.45, 2.75) is 12.8 Å². The molecule has 13 heavy (non-hydrogen) atoms. The van der Waals surface area contributed by atoms with E-state index in [1.54, 1.807) is 0 Å². The summed E-state index contributed by atoms with van der Waals surface area (Å²) in [5.74, 6) is 0. The smallest absolute Gasteiger partial charge is 0.312 e. The van der Waals surface area contributed by atoms with Crippen molar-refractivity contribution in [1.29, 1.82) is 0 Å². The Labute approximate surface area is 78.4 Å². The van der Waals surface area contributed by atoms with E-state index in [4.69, 9.17) is 0 Å². The van der Waals surface area contributed by atoms with Crippen LogP contribution in [0, 0.1) is 0 Å². The van der Waals surface area contributed by atoms with Gasteiger partial charge in [-0.1, -0.05) is 0 Å². The van der Waals surface area contributed by atoms with Crippen LogP contribution in [-0.2, 0) is 17.0 Å². The predicted molar refractivity (Wildman–Crippen MR) is 43.0 cm³/mol. The number of pyridine rings is 1.